The highest BCUT2D eigenvalue weighted by Gasteiger charge is 2.18. The molecule has 0 spiro atoms. The smallest absolute Gasteiger partial charge is 0.265 e. The zero-order chi connectivity index (χ0) is 14.5. The molecular formula is C14H16BrN3OS. The Bertz CT molecular complexity index is 582. The average Bonchev–Trinajstić information content (AvgIpc) is 2.88. The predicted molar refractivity (Wildman–Crippen MR) is 83.9 cm³/mol. The van der Waals surface area contributed by atoms with Gasteiger partial charge in [-0.15, -0.1) is 5.10 Å². The van der Waals surface area contributed by atoms with Gasteiger partial charge >= 0.3 is 0 Å². The molecule has 1 N–H and O–H groups in total. The number of aromatic nitrogens is 2. The molecule has 1 amide bonds. The molecule has 106 valence electrons. The minimum atomic E-state index is -0.0983. The molecule has 1 heterocycles. The SMILES string of the molecule is CCCc1nnsc1C(=O)NC(C)c1ccc(Br)cc1. The highest BCUT2D eigenvalue weighted by atomic mass is 79.9. The Morgan fingerprint density at radius 2 is 2.10 bits per heavy atom. The molecule has 1 aromatic carbocycles. The number of carbonyl (C=O) groups is 1. The third kappa shape index (κ3) is 3.64. The lowest BCUT2D eigenvalue weighted by Gasteiger charge is -2.14. The Morgan fingerprint density at radius 1 is 1.40 bits per heavy atom. The van der Waals surface area contributed by atoms with Gasteiger partial charge < -0.3 is 5.32 Å². The van der Waals surface area contributed by atoms with Crippen LogP contribution in [0.4, 0.5) is 0 Å². The molecule has 0 radical (unpaired) electrons. The van der Waals surface area contributed by atoms with Crippen molar-refractivity contribution in [1.82, 2.24) is 14.9 Å². The molecule has 0 aliphatic heterocycles. The average molecular weight is 354 g/mol. The van der Waals surface area contributed by atoms with Gasteiger partial charge in [0.1, 0.15) is 4.88 Å². The number of hydrogen-bond acceptors (Lipinski definition) is 4. The Hall–Kier alpha value is -1.27. The molecule has 2 aromatic rings. The van der Waals surface area contributed by atoms with E-state index in [1.807, 2.05) is 31.2 Å². The number of amides is 1. The van der Waals surface area contributed by atoms with Crippen LogP contribution in [-0.4, -0.2) is 15.5 Å². The molecule has 0 saturated carbocycles. The van der Waals surface area contributed by atoms with Crippen molar-refractivity contribution >= 4 is 33.4 Å². The molecule has 4 nitrogen and oxygen atoms in total. The second-order valence-electron chi connectivity index (χ2n) is 4.55. The maximum absolute atomic E-state index is 12.3. The highest BCUT2D eigenvalue weighted by molar-refractivity contribution is 9.10. The van der Waals surface area contributed by atoms with Crippen molar-refractivity contribution < 1.29 is 4.79 Å². The Kier molecular flexibility index (Phi) is 5.25. The summed E-state index contributed by atoms with van der Waals surface area (Å²) < 4.78 is 4.90. The van der Waals surface area contributed by atoms with Gasteiger partial charge in [0, 0.05) is 4.47 Å². The van der Waals surface area contributed by atoms with Crippen LogP contribution in [0.2, 0.25) is 0 Å². The summed E-state index contributed by atoms with van der Waals surface area (Å²) in [6.45, 7) is 4.03. The number of nitrogens with zero attached hydrogens (tertiary/aromatic N) is 2. The van der Waals surface area contributed by atoms with E-state index >= 15 is 0 Å². The van der Waals surface area contributed by atoms with E-state index in [0.717, 1.165) is 40.1 Å². The fourth-order valence-electron chi connectivity index (χ4n) is 1.88. The Labute approximate surface area is 130 Å². The quantitative estimate of drug-likeness (QED) is 0.890. The van der Waals surface area contributed by atoms with Crippen molar-refractivity contribution in [2.45, 2.75) is 32.7 Å². The highest BCUT2D eigenvalue weighted by Crippen LogP contribution is 2.18. The first-order valence-electron chi connectivity index (χ1n) is 6.49. The summed E-state index contributed by atoms with van der Waals surface area (Å²) in [5.74, 6) is -0.0983. The van der Waals surface area contributed by atoms with Crippen LogP contribution in [-0.2, 0) is 6.42 Å². The fourth-order valence-corrected chi connectivity index (χ4v) is 2.75. The molecule has 1 atom stereocenters. The number of hydrogen-bond donors (Lipinski definition) is 1. The van der Waals surface area contributed by atoms with Crippen LogP contribution in [0.1, 0.15) is 47.2 Å². The second-order valence-corrected chi connectivity index (χ2v) is 6.22. The van der Waals surface area contributed by atoms with Crippen molar-refractivity contribution in [3.8, 4) is 0 Å². The lowest BCUT2D eigenvalue weighted by Crippen LogP contribution is -2.26. The molecule has 6 heteroatoms. The van der Waals surface area contributed by atoms with Gasteiger partial charge in [-0.3, -0.25) is 4.79 Å². The molecule has 1 aromatic heterocycles. The molecule has 0 fully saturated rings. The third-order valence-corrected chi connectivity index (χ3v) is 4.26. The van der Waals surface area contributed by atoms with Gasteiger partial charge in [0.15, 0.2) is 0 Å². The van der Waals surface area contributed by atoms with E-state index in [1.54, 1.807) is 0 Å². The second kappa shape index (κ2) is 6.95. The molecule has 1 unspecified atom stereocenters. The van der Waals surface area contributed by atoms with Crippen molar-refractivity contribution in [3.63, 3.8) is 0 Å². The fraction of sp³-hybridized carbons (Fsp3) is 0.357. The van der Waals surface area contributed by atoms with Crippen molar-refractivity contribution in [2.75, 3.05) is 0 Å². The third-order valence-electron chi connectivity index (χ3n) is 2.97. The van der Waals surface area contributed by atoms with E-state index in [2.05, 4.69) is 37.8 Å². The Balaban J connectivity index is 2.07. The monoisotopic (exact) mass is 353 g/mol. The van der Waals surface area contributed by atoms with E-state index in [0.29, 0.717) is 4.88 Å². The number of halogens is 1. The number of carbonyl (C=O) groups excluding carboxylic acids is 1. The molecule has 2 rings (SSSR count). The van der Waals surface area contributed by atoms with E-state index in [-0.39, 0.29) is 11.9 Å². The van der Waals surface area contributed by atoms with Gasteiger partial charge in [0.05, 0.1) is 11.7 Å². The summed E-state index contributed by atoms with van der Waals surface area (Å²) in [4.78, 5) is 12.9. The topological polar surface area (TPSA) is 54.9 Å². The molecular weight excluding hydrogens is 338 g/mol. The number of aryl methyl sites for hydroxylation is 1. The summed E-state index contributed by atoms with van der Waals surface area (Å²) in [5.41, 5.74) is 1.86. The zero-order valence-electron chi connectivity index (χ0n) is 11.4. The van der Waals surface area contributed by atoms with Crippen LogP contribution in [0.25, 0.3) is 0 Å². The van der Waals surface area contributed by atoms with Crippen molar-refractivity contribution in [1.29, 1.82) is 0 Å². The standard InChI is InChI=1S/C14H16BrN3OS/c1-3-4-12-13(20-18-17-12)14(19)16-9(2)10-5-7-11(15)8-6-10/h5-9H,3-4H2,1-2H3,(H,16,19). The molecule has 0 bridgehead atoms. The van der Waals surface area contributed by atoms with Gasteiger partial charge in [-0.1, -0.05) is 45.9 Å². The van der Waals surface area contributed by atoms with Crippen LogP contribution in [0, 0.1) is 0 Å². The normalized spacial score (nSPS) is 12.2. The summed E-state index contributed by atoms with van der Waals surface area (Å²) in [6, 6.07) is 7.87. The number of rotatable bonds is 5. The van der Waals surface area contributed by atoms with E-state index in [9.17, 15) is 4.79 Å². The lowest BCUT2D eigenvalue weighted by molar-refractivity contribution is 0.0943. The summed E-state index contributed by atoms with van der Waals surface area (Å²) in [5, 5.41) is 7.01. The maximum Gasteiger partial charge on any atom is 0.265 e. The van der Waals surface area contributed by atoms with E-state index in [4.69, 9.17) is 0 Å². The number of nitrogens with one attached hydrogen (secondary N) is 1. The molecule has 20 heavy (non-hydrogen) atoms. The largest absolute Gasteiger partial charge is 0.345 e. The van der Waals surface area contributed by atoms with Gasteiger partial charge in [0.25, 0.3) is 5.91 Å². The first kappa shape index (κ1) is 15.1. The lowest BCUT2D eigenvalue weighted by atomic mass is 10.1. The van der Waals surface area contributed by atoms with Gasteiger partial charge in [-0.2, -0.15) is 0 Å². The van der Waals surface area contributed by atoms with Crippen molar-refractivity contribution in [3.05, 3.63) is 44.9 Å². The predicted octanol–water partition coefficient (Wildman–Crippen LogP) is 3.74. The molecule has 0 aliphatic rings. The summed E-state index contributed by atoms with van der Waals surface area (Å²) in [6.07, 6.45) is 1.74. The Morgan fingerprint density at radius 3 is 2.75 bits per heavy atom. The van der Waals surface area contributed by atoms with Crippen LogP contribution in [0.5, 0.6) is 0 Å². The molecule has 0 saturated heterocycles. The van der Waals surface area contributed by atoms with Crippen LogP contribution in [0.15, 0.2) is 28.7 Å². The minimum absolute atomic E-state index is 0.0489. The first-order valence-corrected chi connectivity index (χ1v) is 8.06. The van der Waals surface area contributed by atoms with Gasteiger partial charge in [0.2, 0.25) is 0 Å². The number of benzene rings is 1. The minimum Gasteiger partial charge on any atom is -0.345 e. The van der Waals surface area contributed by atoms with Crippen LogP contribution in [0.3, 0.4) is 0 Å². The van der Waals surface area contributed by atoms with E-state index in [1.165, 1.54) is 0 Å². The van der Waals surface area contributed by atoms with Crippen LogP contribution >= 0.6 is 27.5 Å². The van der Waals surface area contributed by atoms with Crippen molar-refractivity contribution in [2.24, 2.45) is 0 Å². The van der Waals surface area contributed by atoms with E-state index < -0.39 is 0 Å². The summed E-state index contributed by atoms with van der Waals surface area (Å²) >= 11 is 4.56. The van der Waals surface area contributed by atoms with Gasteiger partial charge in [-0.05, 0) is 42.6 Å². The van der Waals surface area contributed by atoms with Gasteiger partial charge in [-0.25, -0.2) is 0 Å². The summed E-state index contributed by atoms with van der Waals surface area (Å²) in [7, 11) is 0. The first-order chi connectivity index (χ1) is 9.61. The van der Waals surface area contributed by atoms with Crippen LogP contribution < -0.4 is 5.32 Å². The zero-order valence-corrected chi connectivity index (χ0v) is 13.8. The maximum atomic E-state index is 12.3. The molecule has 0 aliphatic carbocycles.